The van der Waals surface area contributed by atoms with Gasteiger partial charge in [-0.3, -0.25) is 14.6 Å². The fourth-order valence-electron chi connectivity index (χ4n) is 3.61. The van der Waals surface area contributed by atoms with Crippen molar-refractivity contribution in [3.05, 3.63) is 59.2 Å². The Morgan fingerprint density at radius 2 is 1.88 bits per heavy atom. The maximum absolute atomic E-state index is 14.2. The molecule has 12 heteroatoms. The van der Waals surface area contributed by atoms with E-state index in [1.54, 1.807) is 0 Å². The number of fused-ring (bicyclic) bond motifs is 1. The van der Waals surface area contributed by atoms with Gasteiger partial charge in [-0.25, -0.2) is 13.8 Å². The van der Waals surface area contributed by atoms with Crippen LogP contribution in [-0.4, -0.2) is 55.2 Å². The normalized spacial score (nSPS) is 14.7. The predicted octanol–water partition coefficient (Wildman–Crippen LogP) is 5.38. The van der Waals surface area contributed by atoms with Crippen LogP contribution in [0.5, 0.6) is 0 Å². The number of halogens is 6. The summed E-state index contributed by atoms with van der Waals surface area (Å²) in [6.07, 6.45) is -4.09. The van der Waals surface area contributed by atoms with E-state index in [4.69, 9.17) is 4.74 Å². The molecule has 1 amide bonds. The van der Waals surface area contributed by atoms with Gasteiger partial charge in [-0.15, -0.1) is 12.4 Å². The number of carbonyl (C=O) groups excluding carboxylic acids is 1. The van der Waals surface area contributed by atoms with E-state index in [0.29, 0.717) is 32.2 Å². The van der Waals surface area contributed by atoms with Crippen LogP contribution >= 0.6 is 23.7 Å². The monoisotopic (exact) mass is 521 g/mol. The van der Waals surface area contributed by atoms with Crippen molar-refractivity contribution in [2.45, 2.75) is 12.6 Å². The van der Waals surface area contributed by atoms with Gasteiger partial charge in [-0.05, 0) is 30.7 Å². The predicted molar refractivity (Wildman–Crippen MR) is 122 cm³/mol. The number of alkyl halides is 3. The molecule has 5 nitrogen and oxygen atoms in total. The van der Waals surface area contributed by atoms with Gasteiger partial charge in [-0.1, -0.05) is 17.4 Å². The van der Waals surface area contributed by atoms with E-state index in [-0.39, 0.29) is 39.9 Å². The number of hydrogen-bond donors (Lipinski definition) is 0. The molecule has 0 aliphatic carbocycles. The molecule has 1 aliphatic heterocycles. The standard InChI is InChI=1S/C22H20F5N3O2S.ClH/c23-16-12-17(24)19-18(13-16)33-21(28-19)30(6-2-5-29-7-9-32-10-8-29)20(31)14-3-1-4-15(11-14)22(25,26)27;/h1,3-4,11-13H,2,5-10H2;1H. The minimum atomic E-state index is -4.60. The number of benzene rings is 2. The van der Waals surface area contributed by atoms with Gasteiger partial charge < -0.3 is 4.74 Å². The summed E-state index contributed by atoms with van der Waals surface area (Å²) < 4.78 is 72.8. The fraction of sp³-hybridized carbons (Fsp3) is 0.364. The lowest BCUT2D eigenvalue weighted by Gasteiger charge is -2.27. The number of morpholine rings is 1. The van der Waals surface area contributed by atoms with Crippen molar-refractivity contribution in [2.75, 3.05) is 44.3 Å². The highest BCUT2D eigenvalue weighted by molar-refractivity contribution is 7.22. The Morgan fingerprint density at radius 3 is 2.59 bits per heavy atom. The number of hydrogen-bond acceptors (Lipinski definition) is 5. The molecule has 0 saturated carbocycles. The van der Waals surface area contributed by atoms with Crippen molar-refractivity contribution in [1.29, 1.82) is 0 Å². The van der Waals surface area contributed by atoms with Crippen LogP contribution in [0.15, 0.2) is 36.4 Å². The molecule has 0 atom stereocenters. The van der Waals surface area contributed by atoms with E-state index in [9.17, 15) is 26.7 Å². The molecule has 0 N–H and O–H groups in total. The van der Waals surface area contributed by atoms with Crippen molar-refractivity contribution in [1.82, 2.24) is 9.88 Å². The maximum Gasteiger partial charge on any atom is 0.416 e. The highest BCUT2D eigenvalue weighted by atomic mass is 35.5. The van der Waals surface area contributed by atoms with Crippen molar-refractivity contribution in [3.8, 4) is 0 Å². The minimum absolute atomic E-state index is 0. The first kappa shape index (κ1) is 26.3. The Balaban J connectivity index is 0.00000324. The summed E-state index contributed by atoms with van der Waals surface area (Å²) in [7, 11) is 0. The minimum Gasteiger partial charge on any atom is -0.379 e. The molecular weight excluding hydrogens is 501 g/mol. The van der Waals surface area contributed by atoms with Crippen LogP contribution < -0.4 is 4.90 Å². The molecule has 0 bridgehead atoms. The first-order valence-electron chi connectivity index (χ1n) is 10.3. The summed E-state index contributed by atoms with van der Waals surface area (Å²) in [6, 6.07) is 5.93. The molecule has 0 spiro atoms. The summed E-state index contributed by atoms with van der Waals surface area (Å²) in [4.78, 5) is 20.8. The van der Waals surface area contributed by atoms with Crippen LogP contribution in [0.25, 0.3) is 10.2 Å². The van der Waals surface area contributed by atoms with Gasteiger partial charge in [0.25, 0.3) is 5.91 Å². The zero-order chi connectivity index (χ0) is 23.6. The molecule has 34 heavy (non-hydrogen) atoms. The SMILES string of the molecule is Cl.O=C(c1cccc(C(F)(F)F)c1)N(CCCN1CCOCC1)c1nc2c(F)cc(F)cc2s1. The van der Waals surface area contributed by atoms with Crippen LogP contribution in [0.1, 0.15) is 22.3 Å². The third-order valence-electron chi connectivity index (χ3n) is 5.27. The molecular formula is C22H21ClF5N3O2S. The van der Waals surface area contributed by atoms with E-state index in [1.807, 2.05) is 0 Å². The van der Waals surface area contributed by atoms with E-state index >= 15 is 0 Å². The maximum atomic E-state index is 14.2. The lowest BCUT2D eigenvalue weighted by Crippen LogP contribution is -2.39. The number of aromatic nitrogens is 1. The summed E-state index contributed by atoms with van der Waals surface area (Å²) in [5.41, 5.74) is -1.20. The van der Waals surface area contributed by atoms with Gasteiger partial charge in [0.05, 0.1) is 23.5 Å². The van der Waals surface area contributed by atoms with Crippen molar-refractivity contribution >= 4 is 45.0 Å². The number of ether oxygens (including phenoxy) is 1. The fourth-order valence-corrected chi connectivity index (χ4v) is 4.64. The van der Waals surface area contributed by atoms with E-state index < -0.39 is 29.3 Å². The Hall–Kier alpha value is -2.34. The lowest BCUT2D eigenvalue weighted by molar-refractivity contribution is -0.137. The second-order valence-electron chi connectivity index (χ2n) is 7.57. The number of amides is 1. The number of thiazole rings is 1. The summed E-state index contributed by atoms with van der Waals surface area (Å²) in [6.45, 7) is 3.49. The first-order valence-corrected chi connectivity index (χ1v) is 11.1. The quantitative estimate of drug-likeness (QED) is 0.408. The van der Waals surface area contributed by atoms with Crippen LogP contribution in [0.2, 0.25) is 0 Å². The molecule has 4 rings (SSSR count). The molecule has 1 aliphatic rings. The van der Waals surface area contributed by atoms with Crippen LogP contribution in [-0.2, 0) is 10.9 Å². The third kappa shape index (κ3) is 6.01. The Kier molecular flexibility index (Phi) is 8.45. The average molecular weight is 522 g/mol. The Morgan fingerprint density at radius 1 is 1.15 bits per heavy atom. The van der Waals surface area contributed by atoms with Gasteiger partial charge in [0.2, 0.25) is 0 Å². The number of carbonyl (C=O) groups is 1. The topological polar surface area (TPSA) is 45.7 Å². The highest BCUT2D eigenvalue weighted by Gasteiger charge is 2.32. The first-order chi connectivity index (χ1) is 15.7. The van der Waals surface area contributed by atoms with E-state index in [0.717, 1.165) is 48.7 Å². The van der Waals surface area contributed by atoms with Crippen LogP contribution in [0, 0.1) is 11.6 Å². The zero-order valence-corrected chi connectivity index (χ0v) is 19.4. The van der Waals surface area contributed by atoms with Crippen molar-refractivity contribution in [2.24, 2.45) is 0 Å². The third-order valence-corrected chi connectivity index (χ3v) is 6.30. The molecule has 3 aromatic rings. The molecule has 2 aromatic carbocycles. The second-order valence-corrected chi connectivity index (χ2v) is 8.58. The molecule has 1 aromatic heterocycles. The molecule has 2 heterocycles. The van der Waals surface area contributed by atoms with Gasteiger partial charge in [0.1, 0.15) is 11.3 Å². The Labute approximate surface area is 202 Å². The number of anilines is 1. The molecule has 184 valence electrons. The molecule has 0 unspecified atom stereocenters. The summed E-state index contributed by atoms with van der Waals surface area (Å²) in [5, 5.41) is 0.0962. The summed E-state index contributed by atoms with van der Waals surface area (Å²) >= 11 is 0.911. The smallest absolute Gasteiger partial charge is 0.379 e. The lowest BCUT2D eigenvalue weighted by atomic mass is 10.1. The largest absolute Gasteiger partial charge is 0.416 e. The molecule has 1 fully saturated rings. The number of nitrogens with zero attached hydrogens (tertiary/aromatic N) is 3. The number of rotatable bonds is 6. The second kappa shape index (κ2) is 10.9. The van der Waals surface area contributed by atoms with Gasteiger partial charge >= 0.3 is 6.18 Å². The van der Waals surface area contributed by atoms with Crippen LogP contribution in [0.3, 0.4) is 0 Å². The van der Waals surface area contributed by atoms with Gasteiger partial charge in [0.15, 0.2) is 10.9 Å². The summed E-state index contributed by atoms with van der Waals surface area (Å²) in [5.74, 6) is -2.34. The zero-order valence-electron chi connectivity index (χ0n) is 17.8. The van der Waals surface area contributed by atoms with Crippen molar-refractivity contribution < 1.29 is 31.5 Å². The van der Waals surface area contributed by atoms with E-state index in [1.165, 1.54) is 11.0 Å². The van der Waals surface area contributed by atoms with E-state index in [2.05, 4.69) is 9.88 Å². The highest BCUT2D eigenvalue weighted by Crippen LogP contribution is 2.33. The van der Waals surface area contributed by atoms with Gasteiger partial charge in [0, 0.05) is 37.8 Å². The van der Waals surface area contributed by atoms with Gasteiger partial charge in [-0.2, -0.15) is 13.2 Å². The molecule has 1 saturated heterocycles. The Bertz CT molecular complexity index is 1150. The average Bonchev–Trinajstić information content (AvgIpc) is 3.20. The van der Waals surface area contributed by atoms with Crippen molar-refractivity contribution in [3.63, 3.8) is 0 Å². The molecule has 0 radical (unpaired) electrons. The van der Waals surface area contributed by atoms with Crippen LogP contribution in [0.4, 0.5) is 27.1 Å².